The van der Waals surface area contributed by atoms with E-state index in [0.29, 0.717) is 42.1 Å². The highest BCUT2D eigenvalue weighted by Gasteiger charge is 2.45. The van der Waals surface area contributed by atoms with Crippen LogP contribution in [0.25, 0.3) is 0 Å². The fourth-order valence-electron chi connectivity index (χ4n) is 7.66. The summed E-state index contributed by atoms with van der Waals surface area (Å²) >= 11 is 0. The molecule has 0 aromatic heterocycles. The molecule has 0 spiro atoms. The van der Waals surface area contributed by atoms with Gasteiger partial charge in [0.25, 0.3) is 5.91 Å². The summed E-state index contributed by atoms with van der Waals surface area (Å²) in [5, 5.41) is 19.9. The lowest BCUT2D eigenvalue weighted by molar-refractivity contribution is -0.144. The number of carboxylic acid groups (broad SMARTS) is 1. The maximum atomic E-state index is 14.6. The number of nitrogens with one attached hydrogen (secondary N) is 4. The van der Waals surface area contributed by atoms with Gasteiger partial charge in [-0.1, -0.05) is 62.9 Å². The second-order valence-electron chi connectivity index (χ2n) is 14.7. The molecule has 308 valence electrons. The SMILES string of the molecule is CCCC(NC(=O)[C@@H]1C[C@@H]2CN1C(=O)[C@H](C1CCCCC1)NC(=O)Cc1cc(OC)cc(c1)OCCCO2)C(=O)C(=O)NCC(=O)N[C@H](C(=O)O)c1ccccc1. The van der Waals surface area contributed by atoms with Crippen LogP contribution < -0.4 is 30.7 Å². The molecule has 0 radical (unpaired) electrons. The van der Waals surface area contributed by atoms with E-state index in [1.54, 1.807) is 43.3 Å². The first-order valence-electron chi connectivity index (χ1n) is 19.7. The Morgan fingerprint density at radius 1 is 0.982 bits per heavy atom. The first kappa shape index (κ1) is 42.6. The van der Waals surface area contributed by atoms with Crippen molar-refractivity contribution in [2.24, 2.45) is 5.92 Å². The number of aliphatic carboxylic acids is 1. The Labute approximate surface area is 331 Å². The van der Waals surface area contributed by atoms with Gasteiger partial charge in [0.2, 0.25) is 29.4 Å². The lowest BCUT2D eigenvalue weighted by Crippen LogP contribution is -2.58. The molecular formula is C41H53N5O11. The summed E-state index contributed by atoms with van der Waals surface area (Å²) in [6.07, 6.45) is 4.82. The Hall–Kier alpha value is -5.51. The van der Waals surface area contributed by atoms with E-state index in [-0.39, 0.29) is 44.2 Å². The van der Waals surface area contributed by atoms with Crippen LogP contribution in [0.4, 0.5) is 0 Å². The van der Waals surface area contributed by atoms with Crippen LogP contribution in [-0.4, -0.2) is 109 Å². The summed E-state index contributed by atoms with van der Waals surface area (Å²) in [7, 11) is 1.53. The summed E-state index contributed by atoms with van der Waals surface area (Å²) in [4.78, 5) is 94.6. The van der Waals surface area contributed by atoms with E-state index in [1.165, 1.54) is 24.1 Å². The molecule has 2 aromatic rings. The molecule has 5 amide bonds. The van der Waals surface area contributed by atoms with Crippen molar-refractivity contribution in [3.05, 3.63) is 59.7 Å². The average Bonchev–Trinajstić information content (AvgIpc) is 3.64. The maximum Gasteiger partial charge on any atom is 0.330 e. The molecular weight excluding hydrogens is 738 g/mol. The van der Waals surface area contributed by atoms with Crippen LogP contribution in [0, 0.1) is 5.92 Å². The Bertz CT molecular complexity index is 1770. The fourth-order valence-corrected chi connectivity index (χ4v) is 7.66. The van der Waals surface area contributed by atoms with Gasteiger partial charge in [-0.15, -0.1) is 0 Å². The second kappa shape index (κ2) is 20.6. The Morgan fingerprint density at radius 3 is 2.44 bits per heavy atom. The molecule has 5 atom stereocenters. The molecule has 57 heavy (non-hydrogen) atoms. The molecule has 2 aromatic carbocycles. The quantitative estimate of drug-likeness (QED) is 0.185. The third-order valence-corrected chi connectivity index (χ3v) is 10.5. The number of Topliss-reactive ketones (excluding diaryl/α,β-unsaturated/α-hetero) is 1. The highest BCUT2D eigenvalue weighted by atomic mass is 16.5. The van der Waals surface area contributed by atoms with E-state index in [2.05, 4.69) is 21.3 Å². The van der Waals surface area contributed by atoms with Crippen LogP contribution >= 0.6 is 0 Å². The largest absolute Gasteiger partial charge is 0.497 e. The van der Waals surface area contributed by atoms with Gasteiger partial charge < -0.3 is 45.5 Å². The van der Waals surface area contributed by atoms with E-state index < -0.39 is 72.2 Å². The van der Waals surface area contributed by atoms with Gasteiger partial charge in [-0.05, 0) is 48.4 Å². The van der Waals surface area contributed by atoms with Gasteiger partial charge in [0, 0.05) is 25.5 Å². The molecule has 1 saturated heterocycles. The Kier molecular flexibility index (Phi) is 15.4. The van der Waals surface area contributed by atoms with E-state index in [0.717, 1.165) is 32.1 Å². The number of carbonyl (C=O) groups excluding carboxylic acids is 6. The minimum atomic E-state index is -1.38. The number of nitrogens with zero attached hydrogens (tertiary/aromatic N) is 1. The third-order valence-electron chi connectivity index (χ3n) is 10.5. The smallest absolute Gasteiger partial charge is 0.330 e. The standard InChI is InChI=1S/C41H53N5O11/c1-3-11-31(37(49)39(51)42-23-34(48)45-36(41(53)54)27-14-8-5-9-15-27)43-38(50)32-22-30-24-46(32)40(52)35(26-12-6-4-7-13-26)44-33(47)20-25-18-28(55-2)21-29(19-25)56-16-10-17-57-30/h5,8-9,14-15,18-19,21,26,30-32,35-36H,3-4,6-7,10-13,16-17,20,22-24H2,1-2H3,(H,42,51)(H,43,50)(H,44,47)(H,45,48)(H,53,54)/t30-,31?,32+,35+,36+/m1/s1. The number of carbonyl (C=O) groups is 7. The van der Waals surface area contributed by atoms with Crippen LogP contribution in [0.15, 0.2) is 48.5 Å². The van der Waals surface area contributed by atoms with Gasteiger partial charge in [0.15, 0.2) is 6.04 Å². The highest BCUT2D eigenvalue weighted by Crippen LogP contribution is 2.31. The summed E-state index contributed by atoms with van der Waals surface area (Å²) in [6.45, 7) is 1.75. The topological polar surface area (TPSA) is 219 Å². The van der Waals surface area contributed by atoms with Crippen molar-refractivity contribution < 1.29 is 52.9 Å². The number of hydrogen-bond donors (Lipinski definition) is 5. The van der Waals surface area contributed by atoms with Gasteiger partial charge in [-0.3, -0.25) is 28.8 Å². The van der Waals surface area contributed by atoms with E-state index in [4.69, 9.17) is 14.2 Å². The number of ether oxygens (including phenoxy) is 3. The molecule has 16 nitrogen and oxygen atoms in total. The third kappa shape index (κ3) is 11.8. The van der Waals surface area contributed by atoms with Crippen molar-refractivity contribution in [3.63, 3.8) is 0 Å². The number of rotatable bonds is 13. The lowest BCUT2D eigenvalue weighted by atomic mass is 9.83. The predicted molar refractivity (Wildman–Crippen MR) is 205 cm³/mol. The van der Waals surface area contributed by atoms with Crippen molar-refractivity contribution in [2.45, 2.75) is 101 Å². The summed E-state index contributed by atoms with van der Waals surface area (Å²) in [5.41, 5.74) is 0.965. The lowest BCUT2D eigenvalue weighted by Gasteiger charge is -2.35. The van der Waals surface area contributed by atoms with Crippen molar-refractivity contribution in [1.29, 1.82) is 0 Å². The van der Waals surface area contributed by atoms with E-state index >= 15 is 0 Å². The zero-order chi connectivity index (χ0) is 40.9. The van der Waals surface area contributed by atoms with Gasteiger partial charge in [-0.25, -0.2) is 4.79 Å². The average molecular weight is 792 g/mol. The number of carboxylic acids is 1. The molecule has 5 N–H and O–H groups in total. The molecule has 16 heteroatoms. The minimum absolute atomic E-state index is 0.0303. The molecule has 1 aliphatic carbocycles. The molecule has 2 aliphatic heterocycles. The number of amides is 5. The van der Waals surface area contributed by atoms with Crippen molar-refractivity contribution in [1.82, 2.24) is 26.2 Å². The Morgan fingerprint density at radius 2 is 1.74 bits per heavy atom. The monoisotopic (exact) mass is 791 g/mol. The maximum absolute atomic E-state index is 14.6. The van der Waals surface area contributed by atoms with Gasteiger partial charge in [0.05, 0.1) is 45.4 Å². The van der Waals surface area contributed by atoms with Gasteiger partial charge in [-0.2, -0.15) is 0 Å². The highest BCUT2D eigenvalue weighted by molar-refractivity contribution is 6.38. The molecule has 5 rings (SSSR count). The Balaban J connectivity index is 1.30. The molecule has 2 fully saturated rings. The number of methoxy groups -OCH3 is 1. The van der Waals surface area contributed by atoms with Crippen molar-refractivity contribution in [3.8, 4) is 11.5 Å². The van der Waals surface area contributed by atoms with Crippen LogP contribution in [0.5, 0.6) is 11.5 Å². The number of fused-ring (bicyclic) bond motifs is 4. The number of ketones is 1. The van der Waals surface area contributed by atoms with Crippen LogP contribution in [0.2, 0.25) is 0 Å². The van der Waals surface area contributed by atoms with E-state index in [1.807, 2.05) is 0 Å². The van der Waals surface area contributed by atoms with Gasteiger partial charge >= 0.3 is 5.97 Å². The van der Waals surface area contributed by atoms with Crippen LogP contribution in [-0.2, 0) is 44.7 Å². The molecule has 4 bridgehead atoms. The fraction of sp³-hybridized carbons (Fsp3) is 0.537. The first-order chi connectivity index (χ1) is 27.5. The van der Waals surface area contributed by atoms with Crippen molar-refractivity contribution >= 4 is 41.3 Å². The molecule has 3 aliphatic rings. The summed E-state index contributed by atoms with van der Waals surface area (Å²) in [5.74, 6) is -4.82. The summed E-state index contributed by atoms with van der Waals surface area (Å²) < 4.78 is 17.5. The zero-order valence-corrected chi connectivity index (χ0v) is 32.5. The normalized spacial score (nSPS) is 21.6. The van der Waals surface area contributed by atoms with E-state index in [9.17, 15) is 38.7 Å². The zero-order valence-electron chi connectivity index (χ0n) is 32.5. The first-order valence-corrected chi connectivity index (χ1v) is 19.7. The number of hydrogen-bond acceptors (Lipinski definition) is 10. The molecule has 1 saturated carbocycles. The molecule has 2 heterocycles. The van der Waals surface area contributed by atoms with Crippen LogP contribution in [0.3, 0.4) is 0 Å². The number of benzene rings is 2. The molecule has 1 unspecified atom stereocenters. The van der Waals surface area contributed by atoms with Gasteiger partial charge in [0.1, 0.15) is 23.6 Å². The second-order valence-corrected chi connectivity index (χ2v) is 14.7. The van der Waals surface area contributed by atoms with Crippen LogP contribution in [0.1, 0.15) is 81.9 Å². The minimum Gasteiger partial charge on any atom is -0.497 e. The predicted octanol–water partition coefficient (Wildman–Crippen LogP) is 1.98. The van der Waals surface area contributed by atoms with Crippen molar-refractivity contribution in [2.75, 3.05) is 33.4 Å². The summed E-state index contributed by atoms with van der Waals surface area (Å²) in [6, 6.07) is 8.62.